The van der Waals surface area contributed by atoms with E-state index in [9.17, 15) is 14.4 Å². The first-order chi connectivity index (χ1) is 17.6. The molecule has 3 atom stereocenters. The quantitative estimate of drug-likeness (QED) is 0.394. The summed E-state index contributed by atoms with van der Waals surface area (Å²) in [6.07, 6.45) is 4.01. The van der Waals surface area contributed by atoms with Crippen molar-refractivity contribution in [2.45, 2.75) is 52.6 Å². The third-order valence-electron chi connectivity index (χ3n) is 8.40. The Hall–Kier alpha value is -3.79. The summed E-state index contributed by atoms with van der Waals surface area (Å²) in [6.45, 7) is 9.82. The summed E-state index contributed by atoms with van der Waals surface area (Å²) in [5, 5.41) is 0. The van der Waals surface area contributed by atoms with Crippen molar-refractivity contribution in [2.24, 2.45) is 10.8 Å². The second kappa shape index (κ2) is 7.85. The second-order valence-electron chi connectivity index (χ2n) is 11.8. The molecule has 4 heteroatoms. The molecule has 1 aliphatic carbocycles. The Morgan fingerprint density at radius 2 is 1.43 bits per heavy atom. The van der Waals surface area contributed by atoms with Crippen LogP contribution >= 0.6 is 0 Å². The standard InChI is InChI=1S/C33H31NO3/c1-19-10-13-21(14-11-19)27-28(31(37)32(3,4)5)34-25-16-12-20(2)18-22(25)15-17-26(34)33(27)29(35)23-8-6-7-9-24(23)30(33)36/h6-18,26-28H,1-5H3/t26-,27+,28-/m1/s1. The van der Waals surface area contributed by atoms with Crippen LogP contribution < -0.4 is 4.90 Å². The lowest BCUT2D eigenvalue weighted by Crippen LogP contribution is -2.49. The van der Waals surface area contributed by atoms with Gasteiger partial charge in [-0.05, 0) is 37.1 Å². The Balaban J connectivity index is 1.70. The van der Waals surface area contributed by atoms with E-state index >= 15 is 0 Å². The maximum Gasteiger partial charge on any atom is 0.180 e. The predicted molar refractivity (Wildman–Crippen MR) is 146 cm³/mol. The minimum Gasteiger partial charge on any atom is -0.352 e. The number of Topliss-reactive ketones (excluding diaryl/α,β-unsaturated/α-hetero) is 3. The molecule has 4 nitrogen and oxygen atoms in total. The smallest absolute Gasteiger partial charge is 0.180 e. The first kappa shape index (κ1) is 23.6. The van der Waals surface area contributed by atoms with Gasteiger partial charge in [-0.15, -0.1) is 0 Å². The fraction of sp³-hybridized carbons (Fsp3) is 0.303. The number of fused-ring (bicyclic) bond motifs is 5. The lowest BCUT2D eigenvalue weighted by Gasteiger charge is -2.38. The minimum atomic E-state index is -1.43. The highest BCUT2D eigenvalue weighted by Crippen LogP contribution is 2.61. The fourth-order valence-corrected chi connectivity index (χ4v) is 6.69. The van der Waals surface area contributed by atoms with Gasteiger partial charge in [0.25, 0.3) is 0 Å². The van der Waals surface area contributed by atoms with E-state index < -0.39 is 28.8 Å². The van der Waals surface area contributed by atoms with Gasteiger partial charge in [0.05, 0.1) is 12.1 Å². The number of carbonyl (C=O) groups excluding carboxylic acids is 3. The first-order valence-corrected chi connectivity index (χ1v) is 12.9. The molecule has 3 aromatic carbocycles. The molecule has 0 saturated carbocycles. The van der Waals surface area contributed by atoms with Crippen LogP contribution in [0.5, 0.6) is 0 Å². The van der Waals surface area contributed by atoms with Crippen molar-refractivity contribution in [3.8, 4) is 0 Å². The van der Waals surface area contributed by atoms with Crippen LogP contribution in [0.3, 0.4) is 0 Å². The Bertz CT molecular complexity index is 1470. The zero-order chi connectivity index (χ0) is 26.3. The van der Waals surface area contributed by atoms with Gasteiger partial charge in [-0.1, -0.05) is 98.6 Å². The zero-order valence-electron chi connectivity index (χ0n) is 21.9. The number of hydrogen-bond acceptors (Lipinski definition) is 4. The molecule has 3 aliphatic rings. The van der Waals surface area contributed by atoms with Crippen LogP contribution in [0.1, 0.15) is 69.7 Å². The van der Waals surface area contributed by atoms with Crippen molar-refractivity contribution in [3.05, 3.63) is 106 Å². The van der Waals surface area contributed by atoms with E-state index in [1.54, 1.807) is 12.1 Å². The Morgan fingerprint density at radius 3 is 2.03 bits per heavy atom. The molecule has 186 valence electrons. The van der Waals surface area contributed by atoms with Crippen LogP contribution in [0, 0.1) is 24.7 Å². The van der Waals surface area contributed by atoms with Gasteiger partial charge in [0.2, 0.25) is 0 Å². The number of rotatable bonds is 2. The summed E-state index contributed by atoms with van der Waals surface area (Å²) < 4.78 is 0. The fourth-order valence-electron chi connectivity index (χ4n) is 6.69. The highest BCUT2D eigenvalue weighted by atomic mass is 16.2. The van der Waals surface area contributed by atoms with Crippen LogP contribution in [0.15, 0.2) is 72.8 Å². The minimum absolute atomic E-state index is 0.0262. The average molecular weight is 490 g/mol. The summed E-state index contributed by atoms with van der Waals surface area (Å²) in [5.41, 5.74) is 3.75. The number of aryl methyl sites for hydroxylation is 2. The van der Waals surface area contributed by atoms with Crippen LogP contribution in [0.2, 0.25) is 0 Å². The van der Waals surface area contributed by atoms with E-state index in [1.165, 1.54) is 0 Å². The molecular weight excluding hydrogens is 458 g/mol. The highest BCUT2D eigenvalue weighted by molar-refractivity contribution is 6.32. The second-order valence-corrected chi connectivity index (χ2v) is 11.8. The Morgan fingerprint density at radius 1 is 0.838 bits per heavy atom. The van der Waals surface area contributed by atoms with Crippen molar-refractivity contribution < 1.29 is 14.4 Å². The molecule has 0 bridgehead atoms. The molecule has 2 aliphatic heterocycles. The van der Waals surface area contributed by atoms with Gasteiger partial charge >= 0.3 is 0 Å². The average Bonchev–Trinajstić information content (AvgIpc) is 3.29. The lowest BCUT2D eigenvalue weighted by atomic mass is 9.63. The Labute approximate surface area is 218 Å². The summed E-state index contributed by atoms with van der Waals surface area (Å²) >= 11 is 0. The molecule has 0 amide bonds. The molecule has 0 aromatic heterocycles. The largest absolute Gasteiger partial charge is 0.352 e. The number of carbonyl (C=O) groups is 3. The summed E-state index contributed by atoms with van der Waals surface area (Å²) in [4.78, 5) is 45.5. The van der Waals surface area contributed by atoms with Crippen LogP contribution in [-0.4, -0.2) is 29.4 Å². The van der Waals surface area contributed by atoms with Gasteiger partial charge < -0.3 is 4.90 Å². The van der Waals surface area contributed by atoms with E-state index in [-0.39, 0.29) is 17.3 Å². The SMILES string of the molecule is Cc1ccc([C@H]2[C@H](C(=O)C(C)(C)C)N3c4ccc(C)cc4C=C[C@@H]3C23C(=O)c2ccccc2C3=O)cc1. The van der Waals surface area contributed by atoms with E-state index in [2.05, 4.69) is 11.0 Å². The topological polar surface area (TPSA) is 54.5 Å². The van der Waals surface area contributed by atoms with Crippen LogP contribution in [0.4, 0.5) is 5.69 Å². The first-order valence-electron chi connectivity index (χ1n) is 12.9. The van der Waals surface area contributed by atoms with E-state index in [4.69, 9.17) is 0 Å². The number of benzene rings is 3. The maximum atomic E-state index is 14.5. The number of ketones is 3. The Kier molecular flexibility index (Phi) is 5.01. The summed E-state index contributed by atoms with van der Waals surface area (Å²) in [7, 11) is 0. The number of hydrogen-bond donors (Lipinski definition) is 0. The summed E-state index contributed by atoms with van der Waals surface area (Å²) in [5.74, 6) is -0.969. The molecular formula is C33H31NO3. The molecule has 2 heterocycles. The third kappa shape index (κ3) is 3.11. The van der Waals surface area contributed by atoms with E-state index in [1.807, 2.05) is 95.3 Å². The summed E-state index contributed by atoms with van der Waals surface area (Å²) in [6, 6.07) is 20.0. The van der Waals surface area contributed by atoms with Gasteiger partial charge in [-0.3, -0.25) is 14.4 Å². The van der Waals surface area contributed by atoms with Gasteiger partial charge in [0.15, 0.2) is 17.3 Å². The van der Waals surface area contributed by atoms with Gasteiger partial charge in [0, 0.05) is 28.1 Å². The molecule has 0 N–H and O–H groups in total. The van der Waals surface area contributed by atoms with E-state index in [0.717, 1.165) is 27.9 Å². The molecule has 0 unspecified atom stereocenters. The molecule has 1 saturated heterocycles. The third-order valence-corrected chi connectivity index (χ3v) is 8.40. The lowest BCUT2D eigenvalue weighted by molar-refractivity contribution is -0.127. The number of anilines is 1. The number of nitrogens with zero attached hydrogens (tertiary/aromatic N) is 1. The highest BCUT2D eigenvalue weighted by Gasteiger charge is 2.71. The van der Waals surface area contributed by atoms with Gasteiger partial charge in [-0.2, -0.15) is 0 Å². The normalized spacial score (nSPS) is 23.3. The van der Waals surface area contributed by atoms with Gasteiger partial charge in [0.1, 0.15) is 5.41 Å². The van der Waals surface area contributed by atoms with Crippen molar-refractivity contribution in [3.63, 3.8) is 0 Å². The zero-order valence-corrected chi connectivity index (χ0v) is 21.9. The molecule has 37 heavy (non-hydrogen) atoms. The molecule has 1 fully saturated rings. The van der Waals surface area contributed by atoms with Crippen molar-refractivity contribution in [1.29, 1.82) is 0 Å². The molecule has 0 radical (unpaired) electrons. The van der Waals surface area contributed by atoms with Crippen molar-refractivity contribution in [1.82, 2.24) is 0 Å². The molecule has 1 spiro atoms. The monoisotopic (exact) mass is 489 g/mol. The van der Waals surface area contributed by atoms with Crippen molar-refractivity contribution >= 4 is 29.1 Å². The predicted octanol–water partition coefficient (Wildman–Crippen LogP) is 6.35. The van der Waals surface area contributed by atoms with Crippen LogP contribution in [-0.2, 0) is 4.79 Å². The maximum absolute atomic E-state index is 14.5. The van der Waals surface area contributed by atoms with Crippen LogP contribution in [0.25, 0.3) is 6.08 Å². The van der Waals surface area contributed by atoms with E-state index in [0.29, 0.717) is 11.1 Å². The molecule has 6 rings (SSSR count). The van der Waals surface area contributed by atoms with Crippen molar-refractivity contribution in [2.75, 3.05) is 4.90 Å². The molecule has 3 aromatic rings. The van der Waals surface area contributed by atoms with Gasteiger partial charge in [-0.25, -0.2) is 0 Å².